The van der Waals surface area contributed by atoms with E-state index >= 15 is 0 Å². The number of hydrogen-bond donors (Lipinski definition) is 1. The van der Waals surface area contributed by atoms with E-state index in [0.29, 0.717) is 42.2 Å². The van der Waals surface area contributed by atoms with Crippen molar-refractivity contribution in [1.82, 2.24) is 9.88 Å². The van der Waals surface area contributed by atoms with Gasteiger partial charge in [0, 0.05) is 43.6 Å². The molecule has 0 aliphatic carbocycles. The number of carbonyl (C=O) groups excluding carboxylic acids is 1. The summed E-state index contributed by atoms with van der Waals surface area (Å²) in [5.41, 5.74) is 1.83. The van der Waals surface area contributed by atoms with E-state index in [1.807, 2.05) is 4.90 Å². The highest BCUT2D eigenvalue weighted by Gasteiger charge is 2.23. The Balaban J connectivity index is 1.71. The van der Waals surface area contributed by atoms with Crippen molar-refractivity contribution in [3.8, 4) is 0 Å². The van der Waals surface area contributed by atoms with Crippen LogP contribution in [0, 0.1) is 11.7 Å². The van der Waals surface area contributed by atoms with Crippen LogP contribution in [0.1, 0.15) is 34.5 Å². The summed E-state index contributed by atoms with van der Waals surface area (Å²) < 4.78 is 13.8. The third-order valence-electron chi connectivity index (χ3n) is 4.55. The largest absolute Gasteiger partial charge is 0.396 e. The number of carbonyl (C=O) groups is 1. The second kappa shape index (κ2) is 7.53. The Morgan fingerprint density at radius 2 is 2.00 bits per heavy atom. The standard InChI is InChI=1S/C19H21FN2O2/c20-18-4-2-1-3-15(18)11-17-12-16(5-8-21-17)19(24)22-9-6-14(13-23)7-10-22/h1-5,8,12,14,23H,6-7,9-11,13H2. The third-order valence-corrected chi connectivity index (χ3v) is 4.55. The first-order chi connectivity index (χ1) is 11.7. The quantitative estimate of drug-likeness (QED) is 0.939. The van der Waals surface area contributed by atoms with E-state index in [4.69, 9.17) is 0 Å². The summed E-state index contributed by atoms with van der Waals surface area (Å²) in [6.07, 6.45) is 3.62. The number of nitrogens with zero attached hydrogens (tertiary/aromatic N) is 2. The number of halogens is 1. The van der Waals surface area contributed by atoms with E-state index in [1.165, 1.54) is 6.07 Å². The highest BCUT2D eigenvalue weighted by molar-refractivity contribution is 5.94. The Labute approximate surface area is 141 Å². The highest BCUT2D eigenvalue weighted by atomic mass is 19.1. The Kier molecular flexibility index (Phi) is 5.20. The van der Waals surface area contributed by atoms with Crippen molar-refractivity contribution >= 4 is 5.91 Å². The molecule has 0 saturated carbocycles. The molecular weight excluding hydrogens is 307 g/mol. The smallest absolute Gasteiger partial charge is 0.253 e. The predicted molar refractivity (Wildman–Crippen MR) is 89.2 cm³/mol. The number of likely N-dealkylation sites (tertiary alicyclic amines) is 1. The maximum atomic E-state index is 13.8. The summed E-state index contributed by atoms with van der Waals surface area (Å²) >= 11 is 0. The second-order valence-corrected chi connectivity index (χ2v) is 6.22. The monoisotopic (exact) mass is 328 g/mol. The number of benzene rings is 1. The van der Waals surface area contributed by atoms with E-state index in [2.05, 4.69) is 4.98 Å². The molecule has 2 heterocycles. The van der Waals surface area contributed by atoms with E-state index in [1.54, 1.807) is 36.5 Å². The fraction of sp³-hybridized carbons (Fsp3) is 0.368. The summed E-state index contributed by atoms with van der Waals surface area (Å²) in [4.78, 5) is 18.7. The van der Waals surface area contributed by atoms with Gasteiger partial charge in [-0.2, -0.15) is 0 Å². The fourth-order valence-corrected chi connectivity index (χ4v) is 3.05. The molecule has 2 aromatic rings. The van der Waals surface area contributed by atoms with Crippen LogP contribution >= 0.6 is 0 Å². The van der Waals surface area contributed by atoms with Crippen LogP contribution in [0.4, 0.5) is 4.39 Å². The molecule has 0 radical (unpaired) electrons. The molecule has 5 heteroatoms. The van der Waals surface area contributed by atoms with Crippen molar-refractivity contribution < 1.29 is 14.3 Å². The van der Waals surface area contributed by atoms with Gasteiger partial charge in [0.05, 0.1) is 0 Å². The molecule has 1 N–H and O–H groups in total. The summed E-state index contributed by atoms with van der Waals surface area (Å²) in [5, 5.41) is 9.19. The van der Waals surface area contributed by atoms with Gasteiger partial charge < -0.3 is 10.0 Å². The fourth-order valence-electron chi connectivity index (χ4n) is 3.05. The van der Waals surface area contributed by atoms with Gasteiger partial charge in [0.1, 0.15) is 5.82 Å². The van der Waals surface area contributed by atoms with Crippen molar-refractivity contribution in [3.63, 3.8) is 0 Å². The van der Waals surface area contributed by atoms with Crippen LogP contribution in [0.2, 0.25) is 0 Å². The van der Waals surface area contributed by atoms with Crippen LogP contribution in [0.15, 0.2) is 42.6 Å². The zero-order valence-electron chi connectivity index (χ0n) is 13.5. The normalized spacial score (nSPS) is 15.5. The SMILES string of the molecule is O=C(c1ccnc(Cc2ccccc2F)c1)N1CCC(CO)CC1. The van der Waals surface area contributed by atoms with Gasteiger partial charge in [-0.25, -0.2) is 4.39 Å². The van der Waals surface area contributed by atoms with Crippen molar-refractivity contribution in [3.05, 3.63) is 65.2 Å². The number of piperidine rings is 1. The lowest BCUT2D eigenvalue weighted by Crippen LogP contribution is -2.39. The maximum Gasteiger partial charge on any atom is 0.253 e. The van der Waals surface area contributed by atoms with Crippen molar-refractivity contribution in [1.29, 1.82) is 0 Å². The second-order valence-electron chi connectivity index (χ2n) is 6.22. The molecule has 1 aromatic carbocycles. The van der Waals surface area contributed by atoms with Crippen molar-refractivity contribution in [2.45, 2.75) is 19.3 Å². The van der Waals surface area contributed by atoms with E-state index in [9.17, 15) is 14.3 Å². The van der Waals surface area contributed by atoms with Crippen LogP contribution in [0.3, 0.4) is 0 Å². The van der Waals surface area contributed by atoms with Crippen LogP contribution < -0.4 is 0 Å². The summed E-state index contributed by atoms with van der Waals surface area (Å²) in [7, 11) is 0. The summed E-state index contributed by atoms with van der Waals surface area (Å²) in [6, 6.07) is 10.0. The van der Waals surface area contributed by atoms with Crippen molar-refractivity contribution in [2.24, 2.45) is 5.92 Å². The minimum absolute atomic E-state index is 0.0245. The predicted octanol–water partition coefficient (Wildman–Crippen LogP) is 2.66. The Bertz CT molecular complexity index is 712. The topological polar surface area (TPSA) is 53.4 Å². The third kappa shape index (κ3) is 3.79. The lowest BCUT2D eigenvalue weighted by Gasteiger charge is -2.31. The molecule has 1 aromatic heterocycles. The van der Waals surface area contributed by atoms with Gasteiger partial charge in [-0.3, -0.25) is 9.78 Å². The Morgan fingerprint density at radius 1 is 1.25 bits per heavy atom. The van der Waals surface area contributed by atoms with Crippen LogP contribution in [0.5, 0.6) is 0 Å². The number of amides is 1. The summed E-state index contributed by atoms with van der Waals surface area (Å²) in [6.45, 7) is 1.51. The minimum Gasteiger partial charge on any atom is -0.396 e. The van der Waals surface area contributed by atoms with Gasteiger partial charge >= 0.3 is 0 Å². The number of pyridine rings is 1. The van der Waals surface area contributed by atoms with E-state index < -0.39 is 0 Å². The molecule has 126 valence electrons. The number of rotatable bonds is 4. The average molecular weight is 328 g/mol. The molecule has 24 heavy (non-hydrogen) atoms. The van der Waals surface area contributed by atoms with Crippen LogP contribution in [0.25, 0.3) is 0 Å². The van der Waals surface area contributed by atoms with E-state index in [-0.39, 0.29) is 18.3 Å². The lowest BCUT2D eigenvalue weighted by molar-refractivity contribution is 0.0650. The summed E-state index contributed by atoms with van der Waals surface area (Å²) in [5.74, 6) is 0.00813. The van der Waals surface area contributed by atoms with Crippen LogP contribution in [-0.4, -0.2) is 40.6 Å². The first kappa shape index (κ1) is 16.6. The molecule has 0 unspecified atom stereocenters. The van der Waals surface area contributed by atoms with Gasteiger partial charge in [0.2, 0.25) is 0 Å². The molecule has 0 spiro atoms. The molecule has 0 bridgehead atoms. The van der Waals surface area contributed by atoms with Crippen LogP contribution in [-0.2, 0) is 6.42 Å². The zero-order valence-corrected chi connectivity index (χ0v) is 13.5. The first-order valence-corrected chi connectivity index (χ1v) is 8.26. The number of aliphatic hydroxyl groups excluding tert-OH is 1. The molecule has 1 fully saturated rings. The molecule has 3 rings (SSSR count). The molecular formula is C19H21FN2O2. The lowest BCUT2D eigenvalue weighted by atomic mass is 9.97. The number of aliphatic hydroxyl groups is 1. The van der Waals surface area contributed by atoms with Gasteiger partial charge in [0.15, 0.2) is 0 Å². The van der Waals surface area contributed by atoms with Gasteiger partial charge in [0.25, 0.3) is 5.91 Å². The van der Waals surface area contributed by atoms with Gasteiger partial charge in [-0.1, -0.05) is 18.2 Å². The maximum absolute atomic E-state index is 13.8. The van der Waals surface area contributed by atoms with Crippen molar-refractivity contribution in [2.75, 3.05) is 19.7 Å². The molecule has 1 amide bonds. The molecule has 1 saturated heterocycles. The molecule has 0 atom stereocenters. The Morgan fingerprint density at radius 3 is 2.71 bits per heavy atom. The molecule has 1 aliphatic heterocycles. The first-order valence-electron chi connectivity index (χ1n) is 8.26. The minimum atomic E-state index is -0.262. The highest BCUT2D eigenvalue weighted by Crippen LogP contribution is 2.19. The number of aromatic nitrogens is 1. The molecule has 1 aliphatic rings. The molecule has 4 nitrogen and oxygen atoms in total. The Hall–Kier alpha value is -2.27. The van der Waals surface area contributed by atoms with Gasteiger partial charge in [-0.05, 0) is 42.5 Å². The average Bonchev–Trinajstić information content (AvgIpc) is 2.63. The van der Waals surface area contributed by atoms with E-state index in [0.717, 1.165) is 12.8 Å². The van der Waals surface area contributed by atoms with Gasteiger partial charge in [-0.15, -0.1) is 0 Å². The number of hydrogen-bond acceptors (Lipinski definition) is 3. The zero-order chi connectivity index (χ0) is 16.9.